The van der Waals surface area contributed by atoms with Crippen molar-refractivity contribution in [3.63, 3.8) is 0 Å². The van der Waals surface area contributed by atoms with Crippen LogP contribution in [0.4, 0.5) is 13.2 Å². The van der Waals surface area contributed by atoms with Crippen molar-refractivity contribution in [2.75, 3.05) is 6.61 Å². The molecule has 27 heavy (non-hydrogen) atoms. The van der Waals surface area contributed by atoms with E-state index in [0.717, 1.165) is 36.7 Å². The van der Waals surface area contributed by atoms with Gasteiger partial charge in [0.05, 0.1) is 11.0 Å². The highest BCUT2D eigenvalue weighted by molar-refractivity contribution is 5.82. The predicted molar refractivity (Wildman–Crippen MR) is 90.7 cm³/mol. The molecule has 2 aromatic rings. The number of nitrogens with zero attached hydrogens (tertiary/aromatic N) is 2. The minimum atomic E-state index is -4.71. The number of alkyl halides is 3. The topological polar surface area (TPSA) is 73.2 Å². The zero-order valence-electron chi connectivity index (χ0n) is 14.6. The van der Waals surface area contributed by atoms with Crippen molar-refractivity contribution in [3.05, 3.63) is 30.1 Å². The Morgan fingerprint density at radius 1 is 1.19 bits per heavy atom. The Morgan fingerprint density at radius 2 is 1.89 bits per heavy atom. The second-order valence-corrected chi connectivity index (χ2v) is 6.57. The molecule has 1 aliphatic carbocycles. The Morgan fingerprint density at radius 3 is 2.59 bits per heavy atom. The smallest absolute Gasteiger partial charge is 0.449 e. The third-order valence-corrected chi connectivity index (χ3v) is 4.53. The quantitative estimate of drug-likeness (QED) is 0.806. The van der Waals surface area contributed by atoms with Gasteiger partial charge in [0, 0.05) is 6.04 Å². The Labute approximate surface area is 153 Å². The third kappa shape index (κ3) is 4.78. The molecule has 1 aromatic heterocycles. The highest BCUT2D eigenvalue weighted by Crippen LogP contribution is 2.31. The number of hydrogen-bond acceptors (Lipinski definition) is 4. The second kappa shape index (κ2) is 7.98. The SMILES string of the molecule is O=C(COC(=O)Cn1c(C(F)(F)F)nc2ccccc21)NC1CCCCC1. The summed E-state index contributed by atoms with van der Waals surface area (Å²) < 4.78 is 45.3. The molecule has 0 bridgehead atoms. The number of carbonyl (C=O) groups excluding carboxylic acids is 2. The summed E-state index contributed by atoms with van der Waals surface area (Å²) in [5.41, 5.74) is 0.307. The molecule has 1 heterocycles. The number of imidazole rings is 1. The van der Waals surface area contributed by atoms with Crippen LogP contribution in [0.5, 0.6) is 0 Å². The maximum Gasteiger partial charge on any atom is 0.449 e. The van der Waals surface area contributed by atoms with Gasteiger partial charge in [-0.3, -0.25) is 9.59 Å². The molecule has 0 unspecified atom stereocenters. The number of rotatable bonds is 5. The first kappa shape index (κ1) is 19.2. The molecule has 0 aliphatic heterocycles. The molecule has 0 saturated heterocycles. The molecule has 146 valence electrons. The molecule has 1 aliphatic rings. The summed E-state index contributed by atoms with van der Waals surface area (Å²) in [5.74, 6) is -2.54. The van der Waals surface area contributed by atoms with E-state index in [1.165, 1.54) is 12.1 Å². The summed E-state index contributed by atoms with van der Waals surface area (Å²) in [6.45, 7) is -1.19. The van der Waals surface area contributed by atoms with E-state index in [0.29, 0.717) is 0 Å². The summed E-state index contributed by atoms with van der Waals surface area (Å²) in [4.78, 5) is 27.4. The van der Waals surface area contributed by atoms with E-state index in [-0.39, 0.29) is 17.1 Å². The fourth-order valence-electron chi connectivity index (χ4n) is 3.29. The van der Waals surface area contributed by atoms with E-state index in [1.54, 1.807) is 12.1 Å². The van der Waals surface area contributed by atoms with Crippen LogP contribution in [0.15, 0.2) is 24.3 Å². The lowest BCUT2D eigenvalue weighted by Crippen LogP contribution is -2.39. The van der Waals surface area contributed by atoms with Crippen LogP contribution in [0.2, 0.25) is 0 Å². The van der Waals surface area contributed by atoms with E-state index in [1.807, 2.05) is 0 Å². The molecule has 0 radical (unpaired) electrons. The Kier molecular flexibility index (Phi) is 5.67. The van der Waals surface area contributed by atoms with Crippen LogP contribution in [0, 0.1) is 0 Å². The van der Waals surface area contributed by atoms with Gasteiger partial charge in [-0.1, -0.05) is 31.4 Å². The zero-order chi connectivity index (χ0) is 19.4. The van der Waals surface area contributed by atoms with E-state index in [4.69, 9.17) is 4.74 Å². The molecule has 0 atom stereocenters. The van der Waals surface area contributed by atoms with Crippen molar-refractivity contribution in [3.8, 4) is 0 Å². The number of fused-ring (bicyclic) bond motifs is 1. The fraction of sp³-hybridized carbons (Fsp3) is 0.500. The van der Waals surface area contributed by atoms with Crippen LogP contribution < -0.4 is 5.32 Å². The first-order valence-corrected chi connectivity index (χ1v) is 8.82. The summed E-state index contributed by atoms with van der Waals surface area (Å²) in [6.07, 6.45) is 0.280. The number of benzene rings is 1. The van der Waals surface area contributed by atoms with Gasteiger partial charge in [-0.05, 0) is 25.0 Å². The number of ether oxygens (including phenoxy) is 1. The average molecular weight is 383 g/mol. The van der Waals surface area contributed by atoms with Gasteiger partial charge in [0.2, 0.25) is 5.82 Å². The van der Waals surface area contributed by atoms with Crippen molar-refractivity contribution >= 4 is 22.9 Å². The van der Waals surface area contributed by atoms with Gasteiger partial charge in [-0.2, -0.15) is 13.2 Å². The number of halogens is 3. The van der Waals surface area contributed by atoms with Gasteiger partial charge in [-0.25, -0.2) is 4.98 Å². The number of amides is 1. The normalized spacial score (nSPS) is 15.7. The largest absolute Gasteiger partial charge is 0.454 e. The molecular weight excluding hydrogens is 363 g/mol. The summed E-state index contributed by atoms with van der Waals surface area (Å²) >= 11 is 0. The van der Waals surface area contributed by atoms with Crippen molar-refractivity contribution < 1.29 is 27.5 Å². The minimum absolute atomic E-state index is 0.0689. The van der Waals surface area contributed by atoms with E-state index in [9.17, 15) is 22.8 Å². The van der Waals surface area contributed by atoms with Crippen molar-refractivity contribution in [2.24, 2.45) is 0 Å². The second-order valence-electron chi connectivity index (χ2n) is 6.57. The van der Waals surface area contributed by atoms with Crippen LogP contribution in [0.25, 0.3) is 11.0 Å². The number of nitrogens with one attached hydrogen (secondary N) is 1. The van der Waals surface area contributed by atoms with Gasteiger partial charge < -0.3 is 14.6 Å². The number of hydrogen-bond donors (Lipinski definition) is 1. The first-order valence-electron chi connectivity index (χ1n) is 8.82. The lowest BCUT2D eigenvalue weighted by Gasteiger charge is -2.22. The molecule has 3 rings (SSSR count). The average Bonchev–Trinajstić information content (AvgIpc) is 3.00. The molecule has 1 aromatic carbocycles. The Bertz CT molecular complexity index is 826. The van der Waals surface area contributed by atoms with E-state index >= 15 is 0 Å². The third-order valence-electron chi connectivity index (χ3n) is 4.53. The maximum absolute atomic E-state index is 13.2. The number of aromatic nitrogens is 2. The van der Waals surface area contributed by atoms with Gasteiger partial charge in [0.25, 0.3) is 5.91 Å². The van der Waals surface area contributed by atoms with Crippen LogP contribution in [0.1, 0.15) is 37.9 Å². The zero-order valence-corrected chi connectivity index (χ0v) is 14.6. The van der Waals surface area contributed by atoms with Crippen LogP contribution in [-0.2, 0) is 27.0 Å². The summed E-state index contributed by atoms with van der Waals surface area (Å²) in [6, 6.07) is 6.07. The summed E-state index contributed by atoms with van der Waals surface area (Å²) in [7, 11) is 0. The van der Waals surface area contributed by atoms with Gasteiger partial charge in [-0.15, -0.1) is 0 Å². The molecular formula is C18H20F3N3O3. The molecule has 1 amide bonds. The van der Waals surface area contributed by atoms with Crippen LogP contribution in [-0.4, -0.2) is 34.1 Å². The van der Waals surface area contributed by atoms with Gasteiger partial charge in [0.15, 0.2) is 6.61 Å². The standard InChI is InChI=1S/C18H20F3N3O3/c19-18(20,21)17-23-13-8-4-5-9-14(13)24(17)10-16(26)27-11-15(25)22-12-6-2-1-3-7-12/h4-5,8-9,12H,1-3,6-7,10-11H2,(H,22,25). The van der Waals surface area contributed by atoms with Crippen LogP contribution in [0.3, 0.4) is 0 Å². The molecule has 6 nitrogen and oxygen atoms in total. The van der Waals surface area contributed by atoms with Gasteiger partial charge >= 0.3 is 12.1 Å². The van der Waals surface area contributed by atoms with E-state index in [2.05, 4.69) is 10.3 Å². The van der Waals surface area contributed by atoms with Crippen molar-refractivity contribution in [2.45, 2.75) is 50.9 Å². The van der Waals surface area contributed by atoms with E-state index < -0.39 is 37.0 Å². The number of carbonyl (C=O) groups is 2. The number of esters is 1. The van der Waals surface area contributed by atoms with Crippen LogP contribution >= 0.6 is 0 Å². The molecule has 1 saturated carbocycles. The van der Waals surface area contributed by atoms with Crippen molar-refractivity contribution in [1.29, 1.82) is 0 Å². The Hall–Kier alpha value is -2.58. The lowest BCUT2D eigenvalue weighted by atomic mass is 9.95. The highest BCUT2D eigenvalue weighted by Gasteiger charge is 2.38. The molecule has 1 fully saturated rings. The maximum atomic E-state index is 13.2. The first-order chi connectivity index (χ1) is 12.8. The lowest BCUT2D eigenvalue weighted by molar-refractivity contribution is -0.153. The highest BCUT2D eigenvalue weighted by atomic mass is 19.4. The minimum Gasteiger partial charge on any atom is -0.454 e. The Balaban J connectivity index is 1.63. The molecule has 9 heteroatoms. The van der Waals surface area contributed by atoms with Crippen molar-refractivity contribution in [1.82, 2.24) is 14.9 Å². The molecule has 1 N–H and O–H groups in total. The number of para-hydroxylation sites is 2. The van der Waals surface area contributed by atoms with Gasteiger partial charge in [0.1, 0.15) is 6.54 Å². The monoisotopic (exact) mass is 383 g/mol. The molecule has 0 spiro atoms. The summed E-state index contributed by atoms with van der Waals surface area (Å²) in [5, 5.41) is 2.78. The predicted octanol–water partition coefficient (Wildman–Crippen LogP) is 3.05. The fourth-order valence-corrected chi connectivity index (χ4v) is 3.29.